The standard InChI is InChI=1S/C11H19N3O3S/c1-7-4-8(2)14(5-7)18(16,17)11-9(3)12-13-10(11)6-15/h7-8,15H,4-6H2,1-3H3,(H,12,13). The van der Waals surface area contributed by atoms with E-state index in [4.69, 9.17) is 0 Å². The van der Waals surface area contributed by atoms with Crippen molar-refractivity contribution in [3.63, 3.8) is 0 Å². The molecule has 0 radical (unpaired) electrons. The highest BCUT2D eigenvalue weighted by Gasteiger charge is 2.38. The number of aromatic nitrogens is 2. The maximum atomic E-state index is 12.6. The van der Waals surface area contributed by atoms with E-state index in [1.54, 1.807) is 6.92 Å². The van der Waals surface area contributed by atoms with E-state index in [2.05, 4.69) is 10.2 Å². The van der Waals surface area contributed by atoms with Gasteiger partial charge in [-0.25, -0.2) is 8.42 Å². The lowest BCUT2D eigenvalue weighted by Gasteiger charge is -2.21. The second-order valence-corrected chi connectivity index (χ2v) is 6.87. The largest absolute Gasteiger partial charge is 0.390 e. The molecule has 1 aliphatic rings. The number of aliphatic hydroxyl groups is 1. The number of aliphatic hydroxyl groups excluding tert-OH is 1. The Hall–Kier alpha value is -0.920. The molecule has 1 fully saturated rings. The molecule has 1 saturated heterocycles. The molecule has 2 unspecified atom stereocenters. The van der Waals surface area contributed by atoms with E-state index >= 15 is 0 Å². The van der Waals surface area contributed by atoms with Crippen molar-refractivity contribution in [3.05, 3.63) is 11.4 Å². The summed E-state index contributed by atoms with van der Waals surface area (Å²) >= 11 is 0. The van der Waals surface area contributed by atoms with Crippen LogP contribution in [0.2, 0.25) is 0 Å². The Morgan fingerprint density at radius 3 is 2.67 bits per heavy atom. The first kappa shape index (κ1) is 13.5. The average molecular weight is 273 g/mol. The van der Waals surface area contributed by atoms with E-state index < -0.39 is 10.0 Å². The molecule has 7 heteroatoms. The van der Waals surface area contributed by atoms with Crippen LogP contribution in [0.5, 0.6) is 0 Å². The number of rotatable bonds is 3. The van der Waals surface area contributed by atoms with Gasteiger partial charge in [0.2, 0.25) is 10.0 Å². The third-order valence-corrected chi connectivity index (χ3v) is 5.59. The number of H-pyrrole nitrogens is 1. The van der Waals surface area contributed by atoms with Crippen LogP contribution in [0, 0.1) is 12.8 Å². The molecule has 0 amide bonds. The molecule has 1 aliphatic heterocycles. The molecule has 0 spiro atoms. The normalized spacial score (nSPS) is 25.8. The summed E-state index contributed by atoms with van der Waals surface area (Å²) in [7, 11) is -3.57. The van der Waals surface area contributed by atoms with Gasteiger partial charge in [0.25, 0.3) is 0 Å². The first-order valence-corrected chi connectivity index (χ1v) is 7.48. The van der Waals surface area contributed by atoms with E-state index in [9.17, 15) is 13.5 Å². The summed E-state index contributed by atoms with van der Waals surface area (Å²) in [6.07, 6.45) is 0.866. The minimum atomic E-state index is -3.57. The summed E-state index contributed by atoms with van der Waals surface area (Å²) in [6, 6.07) is -0.00848. The highest BCUT2D eigenvalue weighted by Crippen LogP contribution is 2.31. The van der Waals surface area contributed by atoms with E-state index in [1.165, 1.54) is 4.31 Å². The Labute approximate surface area is 107 Å². The molecule has 1 aromatic heterocycles. The van der Waals surface area contributed by atoms with Crippen molar-refractivity contribution >= 4 is 10.0 Å². The zero-order chi connectivity index (χ0) is 13.5. The van der Waals surface area contributed by atoms with E-state index in [-0.39, 0.29) is 23.2 Å². The van der Waals surface area contributed by atoms with Gasteiger partial charge in [0, 0.05) is 12.6 Å². The third kappa shape index (κ3) is 2.06. The van der Waals surface area contributed by atoms with Crippen molar-refractivity contribution in [3.8, 4) is 0 Å². The van der Waals surface area contributed by atoms with Crippen molar-refractivity contribution in [1.82, 2.24) is 14.5 Å². The van der Waals surface area contributed by atoms with Gasteiger partial charge in [-0.2, -0.15) is 9.40 Å². The van der Waals surface area contributed by atoms with Crippen LogP contribution < -0.4 is 0 Å². The Morgan fingerprint density at radius 1 is 1.50 bits per heavy atom. The van der Waals surface area contributed by atoms with Crippen LogP contribution in [0.3, 0.4) is 0 Å². The lowest BCUT2D eigenvalue weighted by Crippen LogP contribution is -2.34. The summed E-state index contributed by atoms with van der Waals surface area (Å²) in [5, 5.41) is 15.7. The fourth-order valence-electron chi connectivity index (χ4n) is 2.63. The molecule has 0 aromatic carbocycles. The zero-order valence-corrected chi connectivity index (χ0v) is 11.7. The summed E-state index contributed by atoms with van der Waals surface area (Å²) in [5.41, 5.74) is 0.671. The van der Waals surface area contributed by atoms with Crippen LogP contribution in [0.1, 0.15) is 31.7 Å². The Kier molecular flexibility index (Phi) is 3.48. The van der Waals surface area contributed by atoms with Gasteiger partial charge in [-0.05, 0) is 26.2 Å². The molecule has 18 heavy (non-hydrogen) atoms. The van der Waals surface area contributed by atoms with Crippen LogP contribution in [0.15, 0.2) is 4.90 Å². The van der Waals surface area contributed by atoms with Gasteiger partial charge in [-0.3, -0.25) is 5.10 Å². The van der Waals surface area contributed by atoms with Gasteiger partial charge in [-0.15, -0.1) is 0 Å². The fourth-order valence-corrected chi connectivity index (χ4v) is 4.72. The smallest absolute Gasteiger partial charge is 0.247 e. The number of nitrogens with one attached hydrogen (secondary N) is 1. The van der Waals surface area contributed by atoms with Crippen molar-refractivity contribution in [2.45, 2.75) is 44.7 Å². The van der Waals surface area contributed by atoms with E-state index in [0.29, 0.717) is 18.2 Å². The van der Waals surface area contributed by atoms with Gasteiger partial charge < -0.3 is 5.11 Å². The minimum absolute atomic E-state index is 0.00848. The second kappa shape index (κ2) is 4.64. The van der Waals surface area contributed by atoms with Crippen molar-refractivity contribution in [2.75, 3.05) is 6.54 Å². The number of hydrogen-bond acceptors (Lipinski definition) is 4. The SMILES string of the molecule is Cc1[nH]nc(CO)c1S(=O)(=O)N1CC(C)CC1C. The van der Waals surface area contributed by atoms with E-state index in [0.717, 1.165) is 6.42 Å². The number of sulfonamides is 1. The number of hydrogen-bond donors (Lipinski definition) is 2. The number of aryl methyl sites for hydroxylation is 1. The predicted octanol–water partition coefficient (Wildman–Crippen LogP) is 0.629. The lowest BCUT2D eigenvalue weighted by molar-refractivity contribution is 0.273. The molecule has 2 atom stereocenters. The van der Waals surface area contributed by atoms with Crippen LogP contribution >= 0.6 is 0 Å². The molecular formula is C11H19N3O3S. The monoisotopic (exact) mass is 273 g/mol. The topological polar surface area (TPSA) is 86.3 Å². The van der Waals surface area contributed by atoms with Crippen LogP contribution in [0.4, 0.5) is 0 Å². The fraction of sp³-hybridized carbons (Fsp3) is 0.727. The van der Waals surface area contributed by atoms with Gasteiger partial charge in [0.15, 0.2) is 0 Å². The molecule has 2 rings (SSSR count). The van der Waals surface area contributed by atoms with Gasteiger partial charge in [-0.1, -0.05) is 6.92 Å². The van der Waals surface area contributed by atoms with Gasteiger partial charge in [0.1, 0.15) is 10.6 Å². The van der Waals surface area contributed by atoms with Crippen molar-refractivity contribution < 1.29 is 13.5 Å². The summed E-state index contributed by atoms with van der Waals surface area (Å²) < 4.78 is 26.7. The molecular weight excluding hydrogens is 254 g/mol. The zero-order valence-electron chi connectivity index (χ0n) is 10.8. The third-order valence-electron chi connectivity index (χ3n) is 3.40. The highest BCUT2D eigenvalue weighted by atomic mass is 32.2. The summed E-state index contributed by atoms with van der Waals surface area (Å²) in [4.78, 5) is 0.131. The predicted molar refractivity (Wildman–Crippen MR) is 66.4 cm³/mol. The van der Waals surface area contributed by atoms with Crippen LogP contribution in [0.25, 0.3) is 0 Å². The van der Waals surface area contributed by atoms with Gasteiger partial charge >= 0.3 is 0 Å². The molecule has 0 aliphatic carbocycles. The molecule has 2 heterocycles. The molecule has 6 nitrogen and oxygen atoms in total. The minimum Gasteiger partial charge on any atom is -0.390 e. The van der Waals surface area contributed by atoms with Crippen LogP contribution in [-0.4, -0.2) is 40.6 Å². The molecule has 1 aromatic rings. The maximum Gasteiger partial charge on any atom is 0.247 e. The summed E-state index contributed by atoms with van der Waals surface area (Å²) in [6.45, 7) is 5.76. The second-order valence-electron chi connectivity index (χ2n) is 5.05. The molecule has 0 bridgehead atoms. The Bertz CT molecular complexity index is 538. The Balaban J connectivity index is 2.45. The van der Waals surface area contributed by atoms with Gasteiger partial charge in [0.05, 0.1) is 12.3 Å². The lowest BCUT2D eigenvalue weighted by atomic mass is 10.1. The Morgan fingerprint density at radius 2 is 2.17 bits per heavy atom. The first-order valence-electron chi connectivity index (χ1n) is 6.04. The average Bonchev–Trinajstić information content (AvgIpc) is 2.82. The molecule has 102 valence electrons. The number of aromatic amines is 1. The quantitative estimate of drug-likeness (QED) is 0.845. The first-order chi connectivity index (χ1) is 8.37. The molecule has 0 saturated carbocycles. The van der Waals surface area contributed by atoms with Crippen molar-refractivity contribution in [2.24, 2.45) is 5.92 Å². The number of nitrogens with zero attached hydrogens (tertiary/aromatic N) is 2. The molecule has 2 N–H and O–H groups in total. The van der Waals surface area contributed by atoms with E-state index in [1.807, 2.05) is 13.8 Å². The summed E-state index contributed by atoms with van der Waals surface area (Å²) in [5.74, 6) is 0.361. The highest BCUT2D eigenvalue weighted by molar-refractivity contribution is 7.89. The maximum absolute atomic E-state index is 12.6. The van der Waals surface area contributed by atoms with Crippen molar-refractivity contribution in [1.29, 1.82) is 0 Å². The van der Waals surface area contributed by atoms with Crippen LogP contribution in [-0.2, 0) is 16.6 Å².